The van der Waals surface area contributed by atoms with Crippen LogP contribution < -0.4 is 26.8 Å². The minimum atomic E-state index is -7.01. The Balaban J connectivity index is 0.000000309. The first-order chi connectivity index (χ1) is 46.5. The highest BCUT2D eigenvalue weighted by molar-refractivity contribution is 7.23. The molecule has 0 radical (unpaired) electrons. The van der Waals surface area contributed by atoms with E-state index in [0.717, 1.165) is 6.42 Å². The summed E-state index contributed by atoms with van der Waals surface area (Å²) in [6.07, 6.45) is -5.76. The molecule has 0 aliphatic heterocycles. The third kappa shape index (κ3) is 12.1. The zero-order valence-electron chi connectivity index (χ0n) is 50.2. The van der Waals surface area contributed by atoms with E-state index in [1.165, 1.54) is 0 Å². The molecule has 0 aliphatic carbocycles. The predicted octanol–water partition coefficient (Wildman–Crippen LogP) is 19.2. The molecule has 9 aromatic rings. The fourth-order valence-corrected chi connectivity index (χ4v) is 12.4. The average Bonchev–Trinajstić information content (AvgIpc) is 0.667. The van der Waals surface area contributed by atoms with Crippen LogP contribution in [0.4, 0.5) is 155 Å². The van der Waals surface area contributed by atoms with Crippen molar-refractivity contribution in [1.29, 1.82) is 0 Å². The lowest BCUT2D eigenvalue weighted by atomic mass is 9.11. The summed E-state index contributed by atoms with van der Waals surface area (Å²) < 4.78 is 524. The summed E-state index contributed by atoms with van der Waals surface area (Å²) in [6, 6.07) is -9.09. The molecule has 1 nitrogen and oxygen atoms in total. The van der Waals surface area contributed by atoms with Crippen molar-refractivity contribution in [3.05, 3.63) is 193 Å². The van der Waals surface area contributed by atoms with Crippen LogP contribution in [0.3, 0.4) is 0 Å². The van der Waals surface area contributed by atoms with Crippen LogP contribution in [0.5, 0.6) is 0 Å². The van der Waals surface area contributed by atoms with Crippen LogP contribution in [0.15, 0.2) is 30.3 Å². The highest BCUT2D eigenvalue weighted by Gasteiger charge is 2.77. The maximum atomic E-state index is 17.3. The number of fused-ring (bicyclic) bond motifs is 4. The van der Waals surface area contributed by atoms with E-state index in [1.807, 2.05) is 6.92 Å². The number of hydrogen-bond donors (Lipinski definition) is 1. The molecule has 0 amide bonds. The predicted molar refractivity (Wildman–Crippen MR) is 292 cm³/mol. The van der Waals surface area contributed by atoms with Gasteiger partial charge in [-0.1, -0.05) is 65.7 Å². The lowest BCUT2D eigenvalue weighted by Crippen LogP contribution is -3.17. The molecule has 2 unspecified atom stereocenters. The molecule has 540 valence electrons. The highest BCUT2D eigenvalue weighted by atomic mass is 19.3. The van der Waals surface area contributed by atoms with Gasteiger partial charge in [-0.2, -0.15) is 22.0 Å². The molecule has 36 heteroatoms. The third-order valence-electron chi connectivity index (χ3n) is 17.3. The molecule has 0 fully saturated rings. The Bertz CT molecular complexity index is 4300. The molecule has 0 aromatic heterocycles. The molecule has 0 heterocycles. The summed E-state index contributed by atoms with van der Waals surface area (Å²) in [6.45, 7) is 4.27. The third-order valence-corrected chi connectivity index (χ3v) is 17.3. The van der Waals surface area contributed by atoms with Gasteiger partial charge >= 0.3 is 17.9 Å². The van der Waals surface area contributed by atoms with Gasteiger partial charge in [0.15, 0.2) is 134 Å². The zero-order valence-corrected chi connectivity index (χ0v) is 50.2. The van der Waals surface area contributed by atoms with Crippen LogP contribution in [0.25, 0.3) is 43.1 Å². The molecule has 0 bridgehead atoms. The second kappa shape index (κ2) is 28.2. The largest absolute Gasteiger partial charge is 0.464 e. The average molecular weight is 1480 g/mol. The van der Waals surface area contributed by atoms with E-state index < -0.39 is 306 Å². The van der Waals surface area contributed by atoms with Gasteiger partial charge < -0.3 is 0 Å². The monoisotopic (exact) mass is 1480 g/mol. The Morgan fingerprint density at radius 3 is 0.890 bits per heavy atom. The summed E-state index contributed by atoms with van der Waals surface area (Å²) in [5.41, 5.74) is -13.8. The number of alkyl halides is 6. The van der Waals surface area contributed by atoms with Crippen molar-refractivity contribution in [2.45, 2.75) is 103 Å². The Labute approximate surface area is 538 Å². The molecule has 2 atom stereocenters. The number of unbranched alkanes of at least 4 members (excludes halogenated alkanes) is 4. The molecule has 9 rings (SSSR count). The summed E-state index contributed by atoms with van der Waals surface area (Å²) in [7, 11) is 0. The molecular weight excluding hydrogens is 1440 g/mol. The van der Waals surface area contributed by atoms with Crippen molar-refractivity contribution < 1.29 is 154 Å². The van der Waals surface area contributed by atoms with Crippen molar-refractivity contribution in [2.24, 2.45) is 5.92 Å². The normalized spacial score (nSPS) is 13.2. The first kappa shape index (κ1) is 77.4. The fraction of sp³-hybridized carbons (Fsp3) is 0.281. The summed E-state index contributed by atoms with van der Waals surface area (Å²) in [4.78, 5) is -1.87. The maximum Gasteiger partial charge on any atom is 0.464 e. The molecule has 1 N–H and O–H groups in total. The van der Waals surface area contributed by atoms with Crippen LogP contribution >= 0.6 is 0 Å². The second-order valence-electron chi connectivity index (χ2n) is 22.9. The number of quaternary nitrogens is 1. The van der Waals surface area contributed by atoms with Crippen LogP contribution in [0.1, 0.15) is 85.0 Å². The number of nitrogens with one attached hydrogen (secondary N) is 1. The molecule has 0 spiro atoms. The van der Waals surface area contributed by atoms with E-state index in [4.69, 9.17) is 0 Å². The molecule has 0 saturated carbocycles. The van der Waals surface area contributed by atoms with Crippen molar-refractivity contribution in [1.82, 2.24) is 0 Å². The van der Waals surface area contributed by atoms with E-state index in [-0.39, 0.29) is 24.8 Å². The number of benzene rings is 9. The van der Waals surface area contributed by atoms with E-state index in [2.05, 4.69) is 0 Å². The van der Waals surface area contributed by atoms with Crippen molar-refractivity contribution in [3.8, 4) is 0 Å². The van der Waals surface area contributed by atoms with Gasteiger partial charge in [0.2, 0.25) is 11.6 Å². The molecule has 0 saturated heterocycles. The Morgan fingerprint density at radius 2 is 0.590 bits per heavy atom. The van der Waals surface area contributed by atoms with Gasteiger partial charge in [-0.3, -0.25) is 0 Å². The number of hydrogen-bond acceptors (Lipinski definition) is 0. The molecule has 0 aliphatic rings. The summed E-state index contributed by atoms with van der Waals surface area (Å²) in [5.74, 6) is -96.5. The highest BCUT2D eigenvalue weighted by Crippen LogP contribution is 2.47. The van der Waals surface area contributed by atoms with Crippen LogP contribution in [-0.2, 0) is 0 Å². The Kier molecular flexibility index (Phi) is 21.9. The first-order valence-corrected chi connectivity index (χ1v) is 29.0. The van der Waals surface area contributed by atoms with Gasteiger partial charge in [-0.15, -0.1) is 30.6 Å². The molecular formula is C64H38BF34N. The minimum Gasteiger partial charge on any atom is -0.234 e. The second-order valence-corrected chi connectivity index (χ2v) is 22.9. The van der Waals surface area contributed by atoms with Crippen LogP contribution in [-0.4, -0.2) is 30.6 Å². The lowest BCUT2D eigenvalue weighted by Gasteiger charge is -2.47. The van der Waals surface area contributed by atoms with Crippen molar-refractivity contribution in [2.75, 3.05) is 6.54 Å². The Hall–Kier alpha value is -8.34. The molecule has 9 aromatic carbocycles. The number of halogens is 34. The van der Waals surface area contributed by atoms with E-state index >= 15 is 96.6 Å². The van der Waals surface area contributed by atoms with Gasteiger partial charge in [-0.05, 0) is 64.6 Å². The van der Waals surface area contributed by atoms with Gasteiger partial charge in [0, 0.05) is 12.5 Å². The van der Waals surface area contributed by atoms with Gasteiger partial charge in [0.05, 0.1) is 28.1 Å². The maximum absolute atomic E-state index is 17.3. The topological polar surface area (TPSA) is 4.44 Å². The zero-order chi connectivity index (χ0) is 75.1. The quantitative estimate of drug-likeness (QED) is 0.0194. The fourth-order valence-electron chi connectivity index (χ4n) is 12.4. The van der Waals surface area contributed by atoms with Gasteiger partial charge in [-0.25, -0.2) is 123 Å². The van der Waals surface area contributed by atoms with Crippen LogP contribution in [0.2, 0.25) is 0 Å². The first-order valence-electron chi connectivity index (χ1n) is 29.0. The SMILES string of the molecule is CCCCCCC(F)(F)C(F)(F)C(F)(F)[NH+](CCC(CC)CCCC)c1cc(F)c(F)c(F)c1F.Fc1cc2c([B-](c3c(F)c(F)c(F)c4c(F)c(F)c(F)cc34)(c3c(F)c(F)c(F)c4c(F)c(F)c(F)cc34)c3c(F)c(F)c(F)c4c(F)c(F)c(F)cc34)c(F)c(F)c(F)c2c(F)c1F. The standard InChI is InChI=1S/C40H4BF24.C24H33F10N/c42-9-1-5-13(25(50)21(9)46)29(54)37(62)33(58)17(5)41(18-6-2-10(43)22(47)26(51)14(6)30(55)38(63)34(18)59,19-7-3-11(44)23(48)27(52)15(7)31(56)39(64)35(19)60)20-8-4-12(45)24(49)28(53)16(8)32(57)40(65)36(20)61;1-4-7-9-10-13-22(29,30)23(31,32)24(33,34)35(14-12-16(6-3)11-8-5-2)18-15-17(25)19(26)21(28)20(18)27/h1-4H;15-16H,4-14H2,1-3H3/q-1;/p+1. The van der Waals surface area contributed by atoms with Gasteiger partial charge in [0.1, 0.15) is 29.4 Å². The minimum absolute atomic E-state index is 0.114. The lowest BCUT2D eigenvalue weighted by molar-refractivity contribution is -0.949. The Morgan fingerprint density at radius 1 is 0.310 bits per heavy atom. The number of rotatable bonds is 20. The van der Waals surface area contributed by atoms with Crippen molar-refractivity contribution in [3.63, 3.8) is 0 Å². The van der Waals surface area contributed by atoms with Gasteiger partial charge in [0.25, 0.3) is 0 Å². The van der Waals surface area contributed by atoms with E-state index in [9.17, 15) is 52.7 Å². The smallest absolute Gasteiger partial charge is 0.234 e. The van der Waals surface area contributed by atoms with Crippen LogP contribution in [0, 0.1) is 169 Å². The van der Waals surface area contributed by atoms with Crippen molar-refractivity contribution >= 4 is 76.8 Å². The summed E-state index contributed by atoms with van der Waals surface area (Å²) >= 11 is 0. The molecule has 100 heavy (non-hydrogen) atoms. The summed E-state index contributed by atoms with van der Waals surface area (Å²) in [5, 5.41) is -20.5. The van der Waals surface area contributed by atoms with E-state index in [1.54, 1.807) is 13.8 Å². The van der Waals surface area contributed by atoms with E-state index in [0.29, 0.717) is 32.1 Å².